The predicted molar refractivity (Wildman–Crippen MR) is 117 cm³/mol. The van der Waals surface area contributed by atoms with E-state index in [4.69, 9.17) is 4.74 Å². The van der Waals surface area contributed by atoms with Crippen LogP contribution in [0.2, 0.25) is 0 Å². The molecule has 0 bridgehead atoms. The van der Waals surface area contributed by atoms with Crippen LogP contribution in [0.3, 0.4) is 0 Å². The van der Waals surface area contributed by atoms with Crippen molar-refractivity contribution in [2.45, 2.75) is 52.0 Å². The van der Waals surface area contributed by atoms with Gasteiger partial charge < -0.3 is 14.6 Å². The van der Waals surface area contributed by atoms with Gasteiger partial charge in [-0.1, -0.05) is 30.3 Å². The number of nitrogens with zero attached hydrogens (tertiary/aromatic N) is 3. The van der Waals surface area contributed by atoms with Gasteiger partial charge in [0.2, 0.25) is 0 Å². The Balaban J connectivity index is 1.35. The first kappa shape index (κ1) is 20.9. The SMILES string of the molecule is Cc1cnc(Cn2ccc(C)c(C(=O)NC3CC(OCc4ccccc4)C3)c2=O)cn1. The zero-order chi connectivity index (χ0) is 21.8. The minimum atomic E-state index is -0.335. The molecule has 7 nitrogen and oxygen atoms in total. The lowest BCUT2D eigenvalue weighted by Crippen LogP contribution is -2.49. The Kier molecular flexibility index (Phi) is 6.23. The maximum Gasteiger partial charge on any atom is 0.264 e. The highest BCUT2D eigenvalue weighted by molar-refractivity contribution is 5.95. The molecular weight excluding hydrogens is 392 g/mol. The van der Waals surface area contributed by atoms with Gasteiger partial charge in [-0.05, 0) is 43.9 Å². The van der Waals surface area contributed by atoms with Crippen LogP contribution in [0.25, 0.3) is 0 Å². The first-order valence-electron chi connectivity index (χ1n) is 10.4. The van der Waals surface area contributed by atoms with Crippen molar-refractivity contribution in [3.63, 3.8) is 0 Å². The van der Waals surface area contributed by atoms with Crippen molar-refractivity contribution in [2.75, 3.05) is 0 Å². The summed E-state index contributed by atoms with van der Waals surface area (Å²) in [7, 11) is 0. The number of carbonyl (C=O) groups is 1. The molecule has 1 fully saturated rings. The number of hydrogen-bond acceptors (Lipinski definition) is 5. The van der Waals surface area contributed by atoms with E-state index in [0.29, 0.717) is 17.9 Å². The highest BCUT2D eigenvalue weighted by Crippen LogP contribution is 2.25. The maximum absolute atomic E-state index is 12.9. The lowest BCUT2D eigenvalue weighted by Gasteiger charge is -2.35. The molecule has 2 heterocycles. The summed E-state index contributed by atoms with van der Waals surface area (Å²) < 4.78 is 7.39. The van der Waals surface area contributed by atoms with E-state index in [1.165, 1.54) is 4.57 Å². The van der Waals surface area contributed by atoms with Gasteiger partial charge in [-0.2, -0.15) is 0 Å². The number of rotatable bonds is 7. The molecule has 3 aromatic rings. The van der Waals surface area contributed by atoms with Crippen LogP contribution in [-0.2, 0) is 17.9 Å². The molecule has 1 aliphatic carbocycles. The van der Waals surface area contributed by atoms with E-state index in [2.05, 4.69) is 15.3 Å². The number of carbonyl (C=O) groups excluding carboxylic acids is 1. The van der Waals surface area contributed by atoms with Crippen molar-refractivity contribution >= 4 is 5.91 Å². The van der Waals surface area contributed by atoms with E-state index in [0.717, 1.165) is 24.1 Å². The summed E-state index contributed by atoms with van der Waals surface area (Å²) in [4.78, 5) is 34.3. The smallest absolute Gasteiger partial charge is 0.264 e. The van der Waals surface area contributed by atoms with Crippen LogP contribution in [0, 0.1) is 13.8 Å². The Bertz CT molecular complexity index is 1100. The lowest BCUT2D eigenvalue weighted by atomic mass is 9.89. The number of hydrogen-bond donors (Lipinski definition) is 1. The summed E-state index contributed by atoms with van der Waals surface area (Å²) in [5.41, 5.74) is 3.12. The van der Waals surface area contributed by atoms with E-state index in [9.17, 15) is 9.59 Å². The van der Waals surface area contributed by atoms with Crippen molar-refractivity contribution < 1.29 is 9.53 Å². The van der Waals surface area contributed by atoms with E-state index < -0.39 is 0 Å². The van der Waals surface area contributed by atoms with Crippen LogP contribution < -0.4 is 10.9 Å². The number of ether oxygens (including phenoxy) is 1. The number of aromatic nitrogens is 3. The number of pyridine rings is 1. The summed E-state index contributed by atoms with van der Waals surface area (Å²) in [6.07, 6.45) is 6.61. The number of aryl methyl sites for hydroxylation is 2. The normalized spacial score (nSPS) is 17.7. The van der Waals surface area contributed by atoms with Crippen LogP contribution in [0.15, 0.2) is 59.8 Å². The van der Waals surface area contributed by atoms with Crippen molar-refractivity contribution in [1.82, 2.24) is 19.9 Å². The third kappa shape index (κ3) is 5.06. The molecule has 2 aromatic heterocycles. The van der Waals surface area contributed by atoms with Crippen molar-refractivity contribution in [2.24, 2.45) is 0 Å². The molecular formula is C24H26N4O3. The fourth-order valence-corrected chi connectivity index (χ4v) is 3.61. The molecule has 0 unspecified atom stereocenters. The molecule has 0 saturated heterocycles. The summed E-state index contributed by atoms with van der Waals surface area (Å²) in [6, 6.07) is 11.8. The van der Waals surface area contributed by atoms with Gasteiger partial charge in [0.1, 0.15) is 5.56 Å². The van der Waals surface area contributed by atoms with Crippen LogP contribution in [0.5, 0.6) is 0 Å². The Labute approximate surface area is 181 Å². The molecule has 0 atom stereocenters. The lowest BCUT2D eigenvalue weighted by molar-refractivity contribution is -0.0251. The van der Waals surface area contributed by atoms with Gasteiger partial charge in [0.25, 0.3) is 11.5 Å². The first-order chi connectivity index (χ1) is 15.0. The Morgan fingerprint density at radius 2 is 1.90 bits per heavy atom. The zero-order valence-corrected chi connectivity index (χ0v) is 17.7. The second-order valence-corrected chi connectivity index (χ2v) is 8.02. The minimum Gasteiger partial charge on any atom is -0.373 e. The molecule has 160 valence electrons. The first-order valence-corrected chi connectivity index (χ1v) is 10.4. The fraction of sp³-hybridized carbons (Fsp3) is 0.333. The van der Waals surface area contributed by atoms with E-state index >= 15 is 0 Å². The second-order valence-electron chi connectivity index (χ2n) is 8.02. The van der Waals surface area contributed by atoms with E-state index in [1.807, 2.05) is 37.3 Å². The summed E-state index contributed by atoms with van der Waals surface area (Å²) in [5.74, 6) is -0.335. The molecule has 1 amide bonds. The van der Waals surface area contributed by atoms with Crippen LogP contribution >= 0.6 is 0 Å². The third-order valence-electron chi connectivity index (χ3n) is 5.53. The minimum absolute atomic E-state index is 0.0173. The van der Waals surface area contributed by atoms with Gasteiger partial charge in [-0.3, -0.25) is 19.6 Å². The number of nitrogens with one attached hydrogen (secondary N) is 1. The quantitative estimate of drug-likeness (QED) is 0.638. The number of benzene rings is 1. The van der Waals surface area contributed by atoms with Gasteiger partial charge in [0.05, 0.1) is 36.8 Å². The number of amides is 1. The average molecular weight is 418 g/mol. The van der Waals surface area contributed by atoms with Crippen LogP contribution in [-0.4, -0.2) is 32.6 Å². The Morgan fingerprint density at radius 1 is 1.13 bits per heavy atom. The van der Waals surface area contributed by atoms with Gasteiger partial charge in [-0.15, -0.1) is 0 Å². The van der Waals surface area contributed by atoms with Crippen LogP contribution in [0.1, 0.15) is 45.7 Å². The molecule has 31 heavy (non-hydrogen) atoms. The molecule has 1 aromatic carbocycles. The predicted octanol–water partition coefficient (Wildman–Crippen LogP) is 2.78. The summed E-state index contributed by atoms with van der Waals surface area (Å²) in [6.45, 7) is 4.47. The summed E-state index contributed by atoms with van der Waals surface area (Å²) in [5, 5.41) is 2.98. The molecule has 7 heteroatoms. The molecule has 0 aliphatic heterocycles. The van der Waals surface area contributed by atoms with Gasteiger partial charge in [-0.25, -0.2) is 0 Å². The highest BCUT2D eigenvalue weighted by atomic mass is 16.5. The zero-order valence-electron chi connectivity index (χ0n) is 17.7. The molecule has 1 N–H and O–H groups in total. The maximum atomic E-state index is 12.9. The summed E-state index contributed by atoms with van der Waals surface area (Å²) >= 11 is 0. The highest BCUT2D eigenvalue weighted by Gasteiger charge is 2.32. The van der Waals surface area contributed by atoms with Gasteiger partial charge in [0, 0.05) is 18.4 Å². The standard InChI is InChI=1S/C24H26N4O3/c1-16-8-9-28(14-20-13-25-17(2)12-26-20)24(30)22(16)23(29)27-19-10-21(11-19)31-15-18-6-4-3-5-7-18/h3-9,12-13,19,21H,10-11,14-15H2,1-2H3,(H,27,29). The van der Waals surface area contributed by atoms with Crippen molar-refractivity contribution in [1.29, 1.82) is 0 Å². The van der Waals surface area contributed by atoms with E-state index in [-0.39, 0.29) is 35.7 Å². The second kappa shape index (κ2) is 9.22. The van der Waals surface area contributed by atoms with E-state index in [1.54, 1.807) is 31.6 Å². The molecule has 1 saturated carbocycles. The largest absolute Gasteiger partial charge is 0.373 e. The molecule has 0 spiro atoms. The molecule has 4 rings (SSSR count). The molecule has 1 aliphatic rings. The topological polar surface area (TPSA) is 86.1 Å². The average Bonchev–Trinajstić information content (AvgIpc) is 2.74. The Hall–Kier alpha value is -3.32. The monoisotopic (exact) mass is 418 g/mol. The van der Waals surface area contributed by atoms with Crippen LogP contribution in [0.4, 0.5) is 0 Å². The third-order valence-corrected chi connectivity index (χ3v) is 5.53. The molecule has 0 radical (unpaired) electrons. The van der Waals surface area contributed by atoms with Gasteiger partial charge >= 0.3 is 0 Å². The van der Waals surface area contributed by atoms with Crippen molar-refractivity contribution in [3.05, 3.63) is 93.4 Å². The Morgan fingerprint density at radius 3 is 2.61 bits per heavy atom. The van der Waals surface area contributed by atoms with Gasteiger partial charge in [0.15, 0.2) is 0 Å². The van der Waals surface area contributed by atoms with Crippen molar-refractivity contribution in [3.8, 4) is 0 Å². The fourth-order valence-electron chi connectivity index (χ4n) is 3.61.